The average Bonchev–Trinajstić information content (AvgIpc) is 2.69. The number of benzene rings is 1. The number of nitrogens with one attached hydrogen (secondary N) is 1. The molecule has 19 heavy (non-hydrogen) atoms. The number of aromatic amines is 1. The van der Waals surface area contributed by atoms with Gasteiger partial charge in [0.25, 0.3) is 0 Å². The highest BCUT2D eigenvalue weighted by atomic mass is 32.1. The van der Waals surface area contributed by atoms with Gasteiger partial charge in [-0.2, -0.15) is 0 Å². The quantitative estimate of drug-likeness (QED) is 0.719. The van der Waals surface area contributed by atoms with Crippen LogP contribution >= 0.6 is 12.2 Å². The Kier molecular flexibility index (Phi) is 2.95. The van der Waals surface area contributed by atoms with E-state index in [2.05, 4.69) is 46.6 Å². The third-order valence-corrected chi connectivity index (χ3v) is 3.72. The molecule has 0 amide bonds. The number of imidazole rings is 1. The normalized spacial score (nSPS) is 11.1. The predicted octanol–water partition coefficient (Wildman–Crippen LogP) is 3.76. The zero-order valence-electron chi connectivity index (χ0n) is 11.0. The van der Waals surface area contributed by atoms with Crippen LogP contribution in [0.25, 0.3) is 11.0 Å². The van der Waals surface area contributed by atoms with Crippen molar-refractivity contribution >= 4 is 23.3 Å². The number of rotatable bonds is 2. The van der Waals surface area contributed by atoms with E-state index in [0.29, 0.717) is 0 Å². The summed E-state index contributed by atoms with van der Waals surface area (Å²) in [6.45, 7) is 4.94. The molecule has 0 fully saturated rings. The molecule has 4 heteroatoms. The van der Waals surface area contributed by atoms with Crippen LogP contribution in [0.15, 0.2) is 36.7 Å². The Balaban J connectivity index is 2.15. The summed E-state index contributed by atoms with van der Waals surface area (Å²) in [7, 11) is 0. The van der Waals surface area contributed by atoms with Crippen molar-refractivity contribution in [3.05, 3.63) is 58.1 Å². The Hall–Kier alpha value is -1.94. The fourth-order valence-corrected chi connectivity index (χ4v) is 2.54. The van der Waals surface area contributed by atoms with Gasteiger partial charge < -0.3 is 9.55 Å². The van der Waals surface area contributed by atoms with Crippen molar-refractivity contribution in [3.63, 3.8) is 0 Å². The number of nitrogens with zero attached hydrogens (tertiary/aromatic N) is 2. The van der Waals surface area contributed by atoms with Crippen LogP contribution in [0, 0.1) is 18.6 Å². The topological polar surface area (TPSA) is 33.6 Å². The van der Waals surface area contributed by atoms with Crippen molar-refractivity contribution in [2.45, 2.75) is 20.4 Å². The van der Waals surface area contributed by atoms with Crippen LogP contribution in [0.2, 0.25) is 0 Å². The summed E-state index contributed by atoms with van der Waals surface area (Å²) in [6.07, 6.45) is 3.71. The molecule has 0 unspecified atom stereocenters. The first-order chi connectivity index (χ1) is 9.15. The Morgan fingerprint density at radius 3 is 2.89 bits per heavy atom. The number of H-pyrrole nitrogens is 1. The third-order valence-electron chi connectivity index (χ3n) is 3.40. The standard InChI is InChI=1S/C15H15N3S/c1-10-3-4-13-14(7-10)18(15(19)17-13)9-12-5-6-16-8-11(12)2/h3-8H,9H2,1-2H3,(H,17,19). The fraction of sp³-hybridized carbons (Fsp3) is 0.200. The van der Waals surface area contributed by atoms with Gasteiger partial charge in [0.1, 0.15) is 0 Å². The predicted molar refractivity (Wildman–Crippen MR) is 79.9 cm³/mol. The monoisotopic (exact) mass is 269 g/mol. The first-order valence-corrected chi connectivity index (χ1v) is 6.64. The number of pyridine rings is 1. The fourth-order valence-electron chi connectivity index (χ4n) is 2.27. The molecule has 0 saturated carbocycles. The molecular weight excluding hydrogens is 254 g/mol. The van der Waals surface area contributed by atoms with Crippen LogP contribution in [0.5, 0.6) is 0 Å². The van der Waals surface area contributed by atoms with Gasteiger partial charge in [0.15, 0.2) is 4.77 Å². The summed E-state index contributed by atoms with van der Waals surface area (Å²) < 4.78 is 2.90. The second-order valence-corrected chi connectivity index (χ2v) is 5.23. The lowest BCUT2D eigenvalue weighted by atomic mass is 10.1. The maximum atomic E-state index is 5.43. The van der Waals surface area contributed by atoms with Crippen molar-refractivity contribution in [1.29, 1.82) is 0 Å². The molecule has 0 atom stereocenters. The summed E-state index contributed by atoms with van der Waals surface area (Å²) in [5.41, 5.74) is 5.91. The second kappa shape index (κ2) is 4.63. The molecule has 0 aliphatic carbocycles. The van der Waals surface area contributed by atoms with Gasteiger partial charge in [-0.25, -0.2) is 0 Å². The summed E-state index contributed by atoms with van der Waals surface area (Å²) >= 11 is 5.43. The Morgan fingerprint density at radius 1 is 1.26 bits per heavy atom. The smallest absolute Gasteiger partial charge is 0.178 e. The zero-order valence-corrected chi connectivity index (χ0v) is 11.8. The van der Waals surface area contributed by atoms with Crippen molar-refractivity contribution in [2.75, 3.05) is 0 Å². The van der Waals surface area contributed by atoms with E-state index >= 15 is 0 Å². The van der Waals surface area contributed by atoms with Gasteiger partial charge >= 0.3 is 0 Å². The molecule has 0 spiro atoms. The van der Waals surface area contributed by atoms with Gasteiger partial charge in [0.05, 0.1) is 17.6 Å². The molecule has 1 aromatic carbocycles. The molecule has 0 bridgehead atoms. The van der Waals surface area contributed by atoms with Crippen molar-refractivity contribution in [2.24, 2.45) is 0 Å². The Bertz CT molecular complexity index is 799. The van der Waals surface area contributed by atoms with E-state index < -0.39 is 0 Å². The van der Waals surface area contributed by atoms with E-state index in [0.717, 1.165) is 22.3 Å². The number of aryl methyl sites for hydroxylation is 2. The van der Waals surface area contributed by atoms with Crippen molar-refractivity contribution in [1.82, 2.24) is 14.5 Å². The molecule has 0 saturated heterocycles. The number of hydrogen-bond donors (Lipinski definition) is 1. The van der Waals surface area contributed by atoms with Gasteiger partial charge in [0, 0.05) is 12.4 Å². The summed E-state index contributed by atoms with van der Waals surface area (Å²) in [6, 6.07) is 8.38. The molecule has 3 rings (SSSR count). The third kappa shape index (κ3) is 2.19. The van der Waals surface area contributed by atoms with Crippen LogP contribution in [0.3, 0.4) is 0 Å². The average molecular weight is 269 g/mol. The summed E-state index contributed by atoms with van der Waals surface area (Å²) in [5.74, 6) is 0. The van der Waals surface area contributed by atoms with Crippen LogP contribution in [0.1, 0.15) is 16.7 Å². The van der Waals surface area contributed by atoms with Gasteiger partial charge in [-0.15, -0.1) is 0 Å². The molecule has 3 aromatic rings. The molecule has 0 radical (unpaired) electrons. The highest BCUT2D eigenvalue weighted by Gasteiger charge is 2.06. The van der Waals surface area contributed by atoms with Gasteiger partial charge in [-0.05, 0) is 61.0 Å². The van der Waals surface area contributed by atoms with Crippen LogP contribution in [-0.2, 0) is 6.54 Å². The largest absolute Gasteiger partial charge is 0.331 e. The van der Waals surface area contributed by atoms with Gasteiger partial charge in [-0.1, -0.05) is 6.07 Å². The van der Waals surface area contributed by atoms with E-state index in [1.807, 2.05) is 18.5 Å². The minimum Gasteiger partial charge on any atom is -0.331 e. The molecule has 3 nitrogen and oxygen atoms in total. The molecule has 0 aliphatic rings. The van der Waals surface area contributed by atoms with E-state index in [9.17, 15) is 0 Å². The second-order valence-electron chi connectivity index (χ2n) is 4.84. The lowest BCUT2D eigenvalue weighted by molar-refractivity contribution is 0.802. The number of aromatic nitrogens is 3. The minimum absolute atomic E-state index is 0.761. The Morgan fingerprint density at radius 2 is 2.11 bits per heavy atom. The lowest BCUT2D eigenvalue weighted by Gasteiger charge is -2.07. The summed E-state index contributed by atoms with van der Waals surface area (Å²) in [4.78, 5) is 7.39. The lowest BCUT2D eigenvalue weighted by Crippen LogP contribution is -2.02. The maximum Gasteiger partial charge on any atom is 0.178 e. The first kappa shape index (κ1) is 12.1. The summed E-state index contributed by atoms with van der Waals surface area (Å²) in [5, 5.41) is 0. The first-order valence-electron chi connectivity index (χ1n) is 6.24. The molecular formula is C15H15N3S. The highest BCUT2D eigenvalue weighted by molar-refractivity contribution is 7.71. The van der Waals surface area contributed by atoms with Crippen molar-refractivity contribution < 1.29 is 0 Å². The van der Waals surface area contributed by atoms with E-state index in [1.54, 1.807) is 0 Å². The zero-order chi connectivity index (χ0) is 13.4. The van der Waals surface area contributed by atoms with Gasteiger partial charge in [0.2, 0.25) is 0 Å². The number of fused-ring (bicyclic) bond motifs is 1. The highest BCUT2D eigenvalue weighted by Crippen LogP contribution is 2.18. The van der Waals surface area contributed by atoms with Crippen LogP contribution < -0.4 is 0 Å². The van der Waals surface area contributed by atoms with E-state index in [4.69, 9.17) is 12.2 Å². The SMILES string of the molecule is Cc1ccc2[nH]c(=S)n(Cc3ccncc3C)c2c1. The molecule has 2 aromatic heterocycles. The van der Waals surface area contributed by atoms with Crippen LogP contribution in [-0.4, -0.2) is 14.5 Å². The molecule has 96 valence electrons. The Labute approximate surface area is 116 Å². The van der Waals surface area contributed by atoms with E-state index in [-0.39, 0.29) is 0 Å². The molecule has 1 N–H and O–H groups in total. The minimum atomic E-state index is 0.761. The van der Waals surface area contributed by atoms with E-state index in [1.165, 1.54) is 16.7 Å². The van der Waals surface area contributed by atoms with Crippen molar-refractivity contribution in [3.8, 4) is 0 Å². The van der Waals surface area contributed by atoms with Crippen LogP contribution in [0.4, 0.5) is 0 Å². The molecule has 2 heterocycles. The maximum absolute atomic E-state index is 5.43. The van der Waals surface area contributed by atoms with Gasteiger partial charge in [-0.3, -0.25) is 4.98 Å². The molecule has 0 aliphatic heterocycles. The number of hydrogen-bond acceptors (Lipinski definition) is 2.